The topological polar surface area (TPSA) is 49.4 Å². The average Bonchev–Trinajstić information content (AvgIpc) is 2.41. The van der Waals surface area contributed by atoms with E-state index in [1.165, 1.54) is 0 Å². The molecule has 2 rings (SSSR count). The molecule has 0 unspecified atom stereocenters. The van der Waals surface area contributed by atoms with E-state index >= 15 is 0 Å². The largest absolute Gasteiger partial charge is 0.334 e. The van der Waals surface area contributed by atoms with Gasteiger partial charge in [0.25, 0.3) is 0 Å². The van der Waals surface area contributed by atoms with Gasteiger partial charge < -0.3 is 10.2 Å². The van der Waals surface area contributed by atoms with Gasteiger partial charge in [0.05, 0.1) is 0 Å². The Morgan fingerprint density at radius 2 is 1.74 bits per heavy atom. The van der Waals surface area contributed by atoms with Gasteiger partial charge in [-0.25, -0.2) is 0 Å². The molecule has 1 aromatic carbocycles. The van der Waals surface area contributed by atoms with Crippen molar-refractivity contribution in [1.29, 1.82) is 0 Å². The summed E-state index contributed by atoms with van der Waals surface area (Å²) in [6.07, 6.45) is 1.95. The van der Waals surface area contributed by atoms with Gasteiger partial charge in [0.1, 0.15) is 0 Å². The number of carbonyl (C=O) groups excluding carboxylic acids is 2. The predicted molar refractivity (Wildman–Crippen MR) is 74.8 cm³/mol. The Morgan fingerprint density at radius 3 is 2.32 bits per heavy atom. The van der Waals surface area contributed by atoms with Gasteiger partial charge in [-0.3, -0.25) is 9.59 Å². The smallest absolute Gasteiger partial charge is 0.313 e. The molecule has 0 aliphatic carbocycles. The first-order valence-corrected chi connectivity index (χ1v) is 6.73. The Morgan fingerprint density at radius 1 is 1.16 bits per heavy atom. The SMILES string of the molecule is Cc1ccc(NC(=O)C(=O)N2CCC(C)CC2)cc1. The quantitative estimate of drug-likeness (QED) is 0.787. The molecule has 2 amide bonds. The highest BCUT2D eigenvalue weighted by Crippen LogP contribution is 2.16. The van der Waals surface area contributed by atoms with Crippen molar-refractivity contribution in [3.63, 3.8) is 0 Å². The molecule has 0 saturated carbocycles. The average molecular weight is 260 g/mol. The number of rotatable bonds is 1. The van der Waals surface area contributed by atoms with Gasteiger partial charge in [-0.1, -0.05) is 24.6 Å². The van der Waals surface area contributed by atoms with E-state index in [0.29, 0.717) is 24.7 Å². The molecule has 1 aromatic rings. The van der Waals surface area contributed by atoms with Crippen LogP contribution in [0.4, 0.5) is 5.69 Å². The lowest BCUT2D eigenvalue weighted by Gasteiger charge is -2.29. The van der Waals surface area contributed by atoms with Crippen molar-refractivity contribution < 1.29 is 9.59 Å². The summed E-state index contributed by atoms with van der Waals surface area (Å²) in [7, 11) is 0. The molecule has 1 aliphatic heterocycles. The summed E-state index contributed by atoms with van der Waals surface area (Å²) in [5.74, 6) is -0.324. The molecule has 0 atom stereocenters. The molecular weight excluding hydrogens is 240 g/mol. The van der Waals surface area contributed by atoms with Gasteiger partial charge in [-0.2, -0.15) is 0 Å². The fourth-order valence-corrected chi connectivity index (χ4v) is 2.18. The van der Waals surface area contributed by atoms with Gasteiger partial charge in [-0.05, 0) is 37.8 Å². The molecule has 0 radical (unpaired) electrons. The van der Waals surface area contributed by atoms with E-state index in [1.54, 1.807) is 17.0 Å². The lowest BCUT2D eigenvalue weighted by atomic mass is 9.99. The highest BCUT2D eigenvalue weighted by Gasteiger charge is 2.25. The molecule has 0 spiro atoms. The third kappa shape index (κ3) is 3.56. The number of hydrogen-bond donors (Lipinski definition) is 1. The normalized spacial score (nSPS) is 16.2. The minimum atomic E-state index is -0.543. The maximum atomic E-state index is 12.0. The number of anilines is 1. The first-order chi connectivity index (χ1) is 9.06. The number of benzene rings is 1. The molecule has 102 valence electrons. The van der Waals surface area contributed by atoms with Gasteiger partial charge in [-0.15, -0.1) is 0 Å². The van der Waals surface area contributed by atoms with Crippen molar-refractivity contribution in [2.24, 2.45) is 5.92 Å². The van der Waals surface area contributed by atoms with Crippen molar-refractivity contribution in [1.82, 2.24) is 4.90 Å². The van der Waals surface area contributed by atoms with E-state index in [0.717, 1.165) is 18.4 Å². The molecule has 0 bridgehead atoms. The van der Waals surface area contributed by atoms with Gasteiger partial charge in [0.2, 0.25) is 0 Å². The van der Waals surface area contributed by atoms with Crippen LogP contribution in [-0.4, -0.2) is 29.8 Å². The van der Waals surface area contributed by atoms with Crippen LogP contribution in [0.25, 0.3) is 0 Å². The Labute approximate surface area is 113 Å². The minimum Gasteiger partial charge on any atom is -0.334 e. The van der Waals surface area contributed by atoms with Crippen molar-refractivity contribution in [2.45, 2.75) is 26.7 Å². The van der Waals surface area contributed by atoms with Crippen molar-refractivity contribution in [3.8, 4) is 0 Å². The summed E-state index contributed by atoms with van der Waals surface area (Å²) in [6, 6.07) is 7.42. The maximum absolute atomic E-state index is 12.0. The standard InChI is InChI=1S/C15H20N2O2/c1-11-3-5-13(6-4-11)16-14(18)15(19)17-9-7-12(2)8-10-17/h3-6,12H,7-10H2,1-2H3,(H,16,18). The van der Waals surface area contributed by atoms with E-state index in [2.05, 4.69) is 12.2 Å². The first-order valence-electron chi connectivity index (χ1n) is 6.73. The van der Waals surface area contributed by atoms with Crippen LogP contribution in [0.2, 0.25) is 0 Å². The van der Waals surface area contributed by atoms with Crippen LogP contribution in [0.3, 0.4) is 0 Å². The van der Waals surface area contributed by atoms with Gasteiger partial charge in [0.15, 0.2) is 0 Å². The molecule has 4 nitrogen and oxygen atoms in total. The number of piperidine rings is 1. The number of amides is 2. The lowest BCUT2D eigenvalue weighted by molar-refractivity contribution is -0.144. The summed E-state index contributed by atoms with van der Waals surface area (Å²) in [4.78, 5) is 25.5. The van der Waals surface area contributed by atoms with Crippen LogP contribution in [0.15, 0.2) is 24.3 Å². The second-order valence-corrected chi connectivity index (χ2v) is 5.29. The first kappa shape index (κ1) is 13.6. The minimum absolute atomic E-state index is 0.424. The van der Waals surface area contributed by atoms with E-state index in [-0.39, 0.29) is 0 Å². The van der Waals surface area contributed by atoms with Crippen LogP contribution in [-0.2, 0) is 9.59 Å². The second kappa shape index (κ2) is 5.87. The summed E-state index contributed by atoms with van der Waals surface area (Å²) in [6.45, 7) is 5.52. The molecule has 19 heavy (non-hydrogen) atoms. The van der Waals surface area contributed by atoms with E-state index in [1.807, 2.05) is 19.1 Å². The number of aryl methyl sites for hydroxylation is 1. The zero-order chi connectivity index (χ0) is 13.8. The van der Waals surface area contributed by atoms with Crippen molar-refractivity contribution in [3.05, 3.63) is 29.8 Å². The van der Waals surface area contributed by atoms with Crippen LogP contribution in [0.5, 0.6) is 0 Å². The van der Waals surface area contributed by atoms with Crippen molar-refractivity contribution in [2.75, 3.05) is 18.4 Å². The van der Waals surface area contributed by atoms with E-state index < -0.39 is 11.8 Å². The number of hydrogen-bond acceptors (Lipinski definition) is 2. The zero-order valence-corrected chi connectivity index (χ0v) is 11.5. The van der Waals surface area contributed by atoms with Crippen LogP contribution in [0, 0.1) is 12.8 Å². The third-order valence-electron chi connectivity index (χ3n) is 3.57. The summed E-state index contributed by atoms with van der Waals surface area (Å²) in [5.41, 5.74) is 1.78. The number of nitrogens with zero attached hydrogens (tertiary/aromatic N) is 1. The van der Waals surface area contributed by atoms with Crippen LogP contribution >= 0.6 is 0 Å². The molecule has 1 heterocycles. The summed E-state index contributed by atoms with van der Waals surface area (Å²) in [5, 5.41) is 2.65. The van der Waals surface area contributed by atoms with Crippen molar-refractivity contribution >= 4 is 17.5 Å². The van der Waals surface area contributed by atoms with Gasteiger partial charge in [0, 0.05) is 18.8 Å². The molecule has 1 saturated heterocycles. The van der Waals surface area contributed by atoms with Crippen LogP contribution < -0.4 is 5.32 Å². The zero-order valence-electron chi connectivity index (χ0n) is 11.5. The van der Waals surface area contributed by atoms with Crippen LogP contribution in [0.1, 0.15) is 25.3 Å². The molecular formula is C15H20N2O2. The Balaban J connectivity index is 1.92. The second-order valence-electron chi connectivity index (χ2n) is 5.29. The number of likely N-dealkylation sites (tertiary alicyclic amines) is 1. The Kier molecular flexibility index (Phi) is 4.20. The molecule has 4 heteroatoms. The summed E-state index contributed by atoms with van der Waals surface area (Å²) >= 11 is 0. The molecule has 0 aromatic heterocycles. The third-order valence-corrected chi connectivity index (χ3v) is 3.57. The monoisotopic (exact) mass is 260 g/mol. The highest BCUT2D eigenvalue weighted by molar-refractivity contribution is 6.39. The van der Waals surface area contributed by atoms with E-state index in [4.69, 9.17) is 0 Å². The fourth-order valence-electron chi connectivity index (χ4n) is 2.18. The Bertz CT molecular complexity index is 460. The van der Waals surface area contributed by atoms with Gasteiger partial charge >= 0.3 is 11.8 Å². The molecule has 1 N–H and O–H groups in total. The Hall–Kier alpha value is -1.84. The van der Waals surface area contributed by atoms with E-state index in [9.17, 15) is 9.59 Å². The highest BCUT2D eigenvalue weighted by atomic mass is 16.2. The molecule has 1 fully saturated rings. The maximum Gasteiger partial charge on any atom is 0.313 e. The fraction of sp³-hybridized carbons (Fsp3) is 0.467. The molecule has 1 aliphatic rings. The lowest BCUT2D eigenvalue weighted by Crippen LogP contribution is -2.43. The number of carbonyl (C=O) groups is 2. The predicted octanol–water partition coefficient (Wildman–Crippen LogP) is 2.19. The summed E-state index contributed by atoms with van der Waals surface area (Å²) < 4.78 is 0. The number of nitrogens with one attached hydrogen (secondary N) is 1.